The molecule has 0 aliphatic heterocycles. The summed E-state index contributed by atoms with van der Waals surface area (Å²) < 4.78 is 0. The SMILES string of the molecule is CN(C)CCCC1(O)c2ccccc2CCCC1c1cncc(Cl)c1. The topological polar surface area (TPSA) is 36.4 Å². The highest BCUT2D eigenvalue weighted by Gasteiger charge is 2.41. The van der Waals surface area contributed by atoms with Crippen LogP contribution in [0.1, 0.15) is 48.3 Å². The van der Waals surface area contributed by atoms with Gasteiger partial charge >= 0.3 is 0 Å². The van der Waals surface area contributed by atoms with E-state index >= 15 is 0 Å². The number of fused-ring (bicyclic) bond motifs is 1. The van der Waals surface area contributed by atoms with Crippen molar-refractivity contribution < 1.29 is 5.11 Å². The standard InChI is InChI=1S/C21H27ClN2O/c1-24(2)12-6-11-21(25)19-9-4-3-7-16(19)8-5-10-20(21)17-13-18(22)15-23-14-17/h3-4,7,9,13-15,20,25H,5-6,8,10-12H2,1-2H3. The molecular weight excluding hydrogens is 332 g/mol. The van der Waals surface area contributed by atoms with Crippen molar-refractivity contribution in [2.45, 2.75) is 43.6 Å². The molecule has 1 N–H and O–H groups in total. The smallest absolute Gasteiger partial charge is 0.0968 e. The van der Waals surface area contributed by atoms with Crippen LogP contribution in [-0.4, -0.2) is 35.6 Å². The van der Waals surface area contributed by atoms with Crippen molar-refractivity contribution in [1.29, 1.82) is 0 Å². The lowest BCUT2D eigenvalue weighted by molar-refractivity contribution is -0.00614. The molecule has 1 aliphatic rings. The molecule has 0 saturated carbocycles. The maximum atomic E-state index is 11.9. The summed E-state index contributed by atoms with van der Waals surface area (Å²) in [6.07, 6.45) is 8.21. The molecule has 0 bridgehead atoms. The Kier molecular flexibility index (Phi) is 5.78. The van der Waals surface area contributed by atoms with E-state index in [9.17, 15) is 5.11 Å². The third-order valence-electron chi connectivity index (χ3n) is 5.29. The minimum Gasteiger partial charge on any atom is -0.385 e. The van der Waals surface area contributed by atoms with Gasteiger partial charge in [-0.2, -0.15) is 0 Å². The number of halogens is 1. The second-order valence-electron chi connectivity index (χ2n) is 7.37. The molecule has 2 aromatic rings. The zero-order valence-electron chi connectivity index (χ0n) is 15.1. The first kappa shape index (κ1) is 18.4. The van der Waals surface area contributed by atoms with E-state index in [0.29, 0.717) is 5.02 Å². The molecule has 134 valence electrons. The maximum Gasteiger partial charge on any atom is 0.0968 e. The van der Waals surface area contributed by atoms with Gasteiger partial charge in [-0.1, -0.05) is 35.9 Å². The molecule has 3 rings (SSSR count). The molecule has 0 saturated heterocycles. The Morgan fingerprint density at radius 2 is 2.08 bits per heavy atom. The summed E-state index contributed by atoms with van der Waals surface area (Å²) in [6, 6.07) is 10.3. The van der Waals surface area contributed by atoms with Crippen LogP contribution in [0.5, 0.6) is 0 Å². The van der Waals surface area contributed by atoms with Crippen molar-refractivity contribution in [3.8, 4) is 0 Å². The third kappa shape index (κ3) is 4.05. The number of benzene rings is 1. The molecule has 1 aromatic carbocycles. The Bertz CT molecular complexity index is 719. The second kappa shape index (κ2) is 7.86. The molecule has 1 aliphatic carbocycles. The minimum atomic E-state index is -0.879. The Morgan fingerprint density at radius 3 is 2.84 bits per heavy atom. The van der Waals surface area contributed by atoms with E-state index < -0.39 is 5.60 Å². The summed E-state index contributed by atoms with van der Waals surface area (Å²) in [5, 5.41) is 12.6. The predicted molar refractivity (Wildman–Crippen MR) is 103 cm³/mol. The van der Waals surface area contributed by atoms with Gasteiger partial charge in [-0.3, -0.25) is 4.98 Å². The van der Waals surface area contributed by atoms with Crippen LogP contribution in [0.3, 0.4) is 0 Å². The Hall–Kier alpha value is -1.42. The van der Waals surface area contributed by atoms with Crippen molar-refractivity contribution in [3.63, 3.8) is 0 Å². The molecular formula is C21H27ClN2O. The molecule has 2 unspecified atom stereocenters. The first-order valence-electron chi connectivity index (χ1n) is 9.06. The van der Waals surface area contributed by atoms with Gasteiger partial charge in [0, 0.05) is 18.3 Å². The fraction of sp³-hybridized carbons (Fsp3) is 0.476. The van der Waals surface area contributed by atoms with Crippen LogP contribution in [0.15, 0.2) is 42.7 Å². The zero-order chi connectivity index (χ0) is 17.9. The molecule has 2 atom stereocenters. The summed E-state index contributed by atoms with van der Waals surface area (Å²) in [5.41, 5.74) is 2.51. The number of hydrogen-bond donors (Lipinski definition) is 1. The Balaban J connectivity index is 2.02. The average Bonchev–Trinajstić information content (AvgIpc) is 2.72. The zero-order valence-corrected chi connectivity index (χ0v) is 15.8. The van der Waals surface area contributed by atoms with Gasteiger partial charge in [0.2, 0.25) is 0 Å². The molecule has 3 nitrogen and oxygen atoms in total. The highest BCUT2D eigenvalue weighted by molar-refractivity contribution is 6.30. The number of aliphatic hydroxyl groups is 1. The summed E-state index contributed by atoms with van der Waals surface area (Å²) in [6.45, 7) is 0.963. The van der Waals surface area contributed by atoms with E-state index in [1.54, 1.807) is 6.20 Å². The van der Waals surface area contributed by atoms with Crippen molar-refractivity contribution in [1.82, 2.24) is 9.88 Å². The molecule has 0 fully saturated rings. The van der Waals surface area contributed by atoms with E-state index in [4.69, 9.17) is 11.6 Å². The van der Waals surface area contributed by atoms with Gasteiger partial charge in [-0.05, 0) is 75.5 Å². The summed E-state index contributed by atoms with van der Waals surface area (Å²) in [7, 11) is 4.15. The molecule has 0 amide bonds. The van der Waals surface area contributed by atoms with E-state index in [2.05, 4.69) is 42.2 Å². The highest BCUT2D eigenvalue weighted by atomic mass is 35.5. The number of aromatic nitrogens is 1. The van der Waals surface area contributed by atoms with Crippen LogP contribution in [0.4, 0.5) is 0 Å². The van der Waals surface area contributed by atoms with E-state index in [1.807, 2.05) is 18.3 Å². The van der Waals surface area contributed by atoms with Crippen LogP contribution < -0.4 is 0 Å². The third-order valence-corrected chi connectivity index (χ3v) is 5.50. The summed E-state index contributed by atoms with van der Waals surface area (Å²) in [5.74, 6) is 0.0181. The molecule has 1 aromatic heterocycles. The average molecular weight is 359 g/mol. The normalized spacial score (nSPS) is 23.3. The van der Waals surface area contributed by atoms with Crippen LogP contribution in [0.2, 0.25) is 5.02 Å². The maximum absolute atomic E-state index is 11.9. The van der Waals surface area contributed by atoms with Crippen molar-refractivity contribution in [3.05, 3.63) is 64.4 Å². The largest absolute Gasteiger partial charge is 0.385 e. The van der Waals surface area contributed by atoms with Crippen LogP contribution in [0, 0.1) is 0 Å². The quantitative estimate of drug-likeness (QED) is 0.805. The van der Waals surface area contributed by atoms with Crippen molar-refractivity contribution in [2.24, 2.45) is 0 Å². The van der Waals surface area contributed by atoms with Gasteiger partial charge in [0.25, 0.3) is 0 Å². The monoisotopic (exact) mass is 358 g/mol. The van der Waals surface area contributed by atoms with Gasteiger partial charge in [0.15, 0.2) is 0 Å². The fourth-order valence-corrected chi connectivity index (χ4v) is 4.30. The van der Waals surface area contributed by atoms with Gasteiger partial charge in [-0.25, -0.2) is 0 Å². The first-order chi connectivity index (χ1) is 12.0. The number of nitrogens with zero attached hydrogens (tertiary/aromatic N) is 2. The number of pyridine rings is 1. The summed E-state index contributed by atoms with van der Waals surface area (Å²) >= 11 is 6.19. The summed E-state index contributed by atoms with van der Waals surface area (Å²) in [4.78, 5) is 6.44. The highest BCUT2D eigenvalue weighted by Crippen LogP contribution is 2.47. The van der Waals surface area contributed by atoms with Crippen LogP contribution >= 0.6 is 11.6 Å². The van der Waals surface area contributed by atoms with Gasteiger partial charge in [0.05, 0.1) is 10.6 Å². The van der Waals surface area contributed by atoms with E-state index in [0.717, 1.165) is 49.8 Å². The molecule has 1 heterocycles. The second-order valence-corrected chi connectivity index (χ2v) is 7.81. The van der Waals surface area contributed by atoms with Crippen LogP contribution in [0.25, 0.3) is 0 Å². The molecule has 0 radical (unpaired) electrons. The van der Waals surface area contributed by atoms with Gasteiger partial charge < -0.3 is 10.0 Å². The molecule has 4 heteroatoms. The lowest BCUT2D eigenvalue weighted by Gasteiger charge is -2.37. The Morgan fingerprint density at radius 1 is 1.28 bits per heavy atom. The lowest BCUT2D eigenvalue weighted by Crippen LogP contribution is -2.34. The van der Waals surface area contributed by atoms with E-state index in [1.165, 1.54) is 5.56 Å². The first-order valence-corrected chi connectivity index (χ1v) is 9.44. The van der Waals surface area contributed by atoms with Gasteiger partial charge in [-0.15, -0.1) is 0 Å². The molecule has 0 spiro atoms. The van der Waals surface area contributed by atoms with Gasteiger partial charge in [0.1, 0.15) is 0 Å². The minimum absolute atomic E-state index is 0.0181. The number of hydrogen-bond acceptors (Lipinski definition) is 3. The lowest BCUT2D eigenvalue weighted by atomic mass is 9.73. The fourth-order valence-electron chi connectivity index (χ4n) is 4.12. The van der Waals surface area contributed by atoms with Crippen LogP contribution in [-0.2, 0) is 12.0 Å². The van der Waals surface area contributed by atoms with Crippen molar-refractivity contribution >= 4 is 11.6 Å². The predicted octanol–water partition coefficient (Wildman–Crippen LogP) is 4.38. The number of aryl methyl sites for hydroxylation is 1. The Labute approximate surface area is 155 Å². The van der Waals surface area contributed by atoms with Crippen molar-refractivity contribution in [2.75, 3.05) is 20.6 Å². The number of rotatable bonds is 5. The van der Waals surface area contributed by atoms with E-state index in [-0.39, 0.29) is 5.92 Å². The molecule has 25 heavy (non-hydrogen) atoms.